The van der Waals surface area contributed by atoms with Gasteiger partial charge in [0.1, 0.15) is 5.01 Å². The third-order valence-corrected chi connectivity index (χ3v) is 3.57. The lowest BCUT2D eigenvalue weighted by Gasteiger charge is -2.14. The molecule has 0 aliphatic carbocycles. The average molecular weight is 248 g/mol. The molecule has 2 aromatic heterocycles. The van der Waals surface area contributed by atoms with E-state index in [0.29, 0.717) is 6.54 Å². The number of anilines is 1. The quantitative estimate of drug-likeness (QED) is 0.827. The highest BCUT2D eigenvalue weighted by atomic mass is 32.1. The van der Waals surface area contributed by atoms with Crippen molar-refractivity contribution in [2.75, 3.05) is 11.9 Å². The van der Waals surface area contributed by atoms with Crippen molar-refractivity contribution in [3.05, 3.63) is 41.1 Å². The van der Waals surface area contributed by atoms with Gasteiger partial charge >= 0.3 is 0 Å². The lowest BCUT2D eigenvalue weighted by atomic mass is 10.3. The van der Waals surface area contributed by atoms with Crippen molar-refractivity contribution in [3.63, 3.8) is 0 Å². The Bertz CT molecular complexity index is 500. The van der Waals surface area contributed by atoms with Crippen LogP contribution in [0, 0.1) is 6.92 Å². The molecule has 2 aromatic rings. The van der Waals surface area contributed by atoms with Gasteiger partial charge in [-0.2, -0.15) is 0 Å². The van der Waals surface area contributed by atoms with Crippen molar-refractivity contribution in [3.8, 4) is 0 Å². The highest BCUT2D eigenvalue weighted by Gasteiger charge is 2.14. The number of imidazole rings is 1. The van der Waals surface area contributed by atoms with Gasteiger partial charge in [0.05, 0.1) is 6.04 Å². The maximum absolute atomic E-state index is 4.42. The van der Waals surface area contributed by atoms with Crippen LogP contribution in [0.1, 0.15) is 22.9 Å². The Hall–Kier alpha value is -1.62. The number of thiazole rings is 1. The van der Waals surface area contributed by atoms with Gasteiger partial charge in [-0.3, -0.25) is 0 Å². The molecule has 17 heavy (non-hydrogen) atoms. The predicted octanol–water partition coefficient (Wildman–Crippen LogP) is 2.86. The van der Waals surface area contributed by atoms with Crippen molar-refractivity contribution in [1.29, 1.82) is 0 Å². The number of hydrogen-bond acceptors (Lipinski definition) is 4. The lowest BCUT2D eigenvalue weighted by Crippen LogP contribution is -2.11. The molecule has 1 N–H and O–H groups in total. The first-order valence-electron chi connectivity index (χ1n) is 5.52. The van der Waals surface area contributed by atoms with E-state index in [2.05, 4.69) is 40.3 Å². The van der Waals surface area contributed by atoms with Crippen LogP contribution in [0.2, 0.25) is 0 Å². The van der Waals surface area contributed by atoms with Crippen molar-refractivity contribution in [2.45, 2.75) is 19.9 Å². The summed E-state index contributed by atoms with van der Waals surface area (Å²) < 4.78 is 2.09. The standard InChI is InChI=1S/C12H16N4S/c1-4-5-13-12-14-6-7-16(12)10(3)11-15-8-9(2)17-11/h4,6-8,10H,1,5H2,2-3H3,(H,13,14). The third kappa shape index (κ3) is 2.55. The molecule has 90 valence electrons. The maximum atomic E-state index is 4.42. The third-order valence-electron chi connectivity index (χ3n) is 2.49. The second-order valence-electron chi connectivity index (χ2n) is 3.81. The summed E-state index contributed by atoms with van der Waals surface area (Å²) in [6.45, 7) is 8.59. The molecule has 0 spiro atoms. The number of nitrogens with one attached hydrogen (secondary N) is 1. The molecule has 2 heterocycles. The minimum atomic E-state index is 0.198. The monoisotopic (exact) mass is 248 g/mol. The number of rotatable bonds is 5. The largest absolute Gasteiger partial charge is 0.352 e. The van der Waals surface area contributed by atoms with Crippen LogP contribution in [-0.2, 0) is 0 Å². The van der Waals surface area contributed by atoms with Crippen LogP contribution >= 0.6 is 11.3 Å². The van der Waals surface area contributed by atoms with Crippen LogP contribution in [-0.4, -0.2) is 21.1 Å². The minimum absolute atomic E-state index is 0.198. The second-order valence-corrected chi connectivity index (χ2v) is 5.08. The number of aryl methyl sites for hydroxylation is 1. The fraction of sp³-hybridized carbons (Fsp3) is 0.333. The van der Waals surface area contributed by atoms with E-state index in [-0.39, 0.29) is 6.04 Å². The van der Waals surface area contributed by atoms with Gasteiger partial charge in [-0.15, -0.1) is 17.9 Å². The molecule has 0 amide bonds. The first kappa shape index (κ1) is 11.9. The molecule has 1 unspecified atom stereocenters. The van der Waals surface area contributed by atoms with Gasteiger partial charge < -0.3 is 9.88 Å². The fourth-order valence-electron chi connectivity index (χ4n) is 1.61. The predicted molar refractivity (Wildman–Crippen MR) is 71.6 cm³/mol. The first-order valence-corrected chi connectivity index (χ1v) is 6.34. The molecular formula is C12H16N4S. The minimum Gasteiger partial charge on any atom is -0.352 e. The summed E-state index contributed by atoms with van der Waals surface area (Å²) in [6, 6.07) is 0.198. The zero-order chi connectivity index (χ0) is 12.3. The van der Waals surface area contributed by atoms with E-state index in [1.54, 1.807) is 17.5 Å². The Labute approximate surface area is 105 Å². The summed E-state index contributed by atoms with van der Waals surface area (Å²) in [5.41, 5.74) is 0. The normalized spacial score (nSPS) is 12.4. The number of aromatic nitrogens is 3. The van der Waals surface area contributed by atoms with Gasteiger partial charge in [0.25, 0.3) is 0 Å². The highest BCUT2D eigenvalue weighted by Crippen LogP contribution is 2.25. The van der Waals surface area contributed by atoms with E-state index in [1.165, 1.54) is 4.88 Å². The Balaban J connectivity index is 2.21. The lowest BCUT2D eigenvalue weighted by molar-refractivity contribution is 0.640. The number of hydrogen-bond donors (Lipinski definition) is 1. The smallest absolute Gasteiger partial charge is 0.203 e. The Morgan fingerprint density at radius 3 is 3.06 bits per heavy atom. The Morgan fingerprint density at radius 2 is 2.41 bits per heavy atom. The molecule has 0 fully saturated rings. The van der Waals surface area contributed by atoms with Gasteiger partial charge in [0.15, 0.2) is 0 Å². The van der Waals surface area contributed by atoms with Crippen molar-refractivity contribution in [1.82, 2.24) is 14.5 Å². The molecule has 2 rings (SSSR count). The summed E-state index contributed by atoms with van der Waals surface area (Å²) in [7, 11) is 0. The first-order chi connectivity index (χ1) is 8.22. The van der Waals surface area contributed by atoms with E-state index in [9.17, 15) is 0 Å². The van der Waals surface area contributed by atoms with Crippen LogP contribution in [0.15, 0.2) is 31.2 Å². The van der Waals surface area contributed by atoms with Crippen LogP contribution in [0.3, 0.4) is 0 Å². The maximum Gasteiger partial charge on any atom is 0.203 e. The Morgan fingerprint density at radius 1 is 1.59 bits per heavy atom. The summed E-state index contributed by atoms with van der Waals surface area (Å²) in [6.07, 6.45) is 7.48. The highest BCUT2D eigenvalue weighted by molar-refractivity contribution is 7.11. The van der Waals surface area contributed by atoms with Gasteiger partial charge in [-0.1, -0.05) is 6.08 Å². The summed E-state index contributed by atoms with van der Waals surface area (Å²) in [5.74, 6) is 0.852. The fourth-order valence-corrected chi connectivity index (χ4v) is 2.44. The van der Waals surface area contributed by atoms with E-state index in [0.717, 1.165) is 11.0 Å². The van der Waals surface area contributed by atoms with Crippen LogP contribution in [0.25, 0.3) is 0 Å². The zero-order valence-electron chi connectivity index (χ0n) is 10.1. The van der Waals surface area contributed by atoms with Crippen molar-refractivity contribution in [2.24, 2.45) is 0 Å². The summed E-state index contributed by atoms with van der Waals surface area (Å²) >= 11 is 1.72. The topological polar surface area (TPSA) is 42.7 Å². The molecule has 0 radical (unpaired) electrons. The zero-order valence-corrected chi connectivity index (χ0v) is 10.9. The van der Waals surface area contributed by atoms with Gasteiger partial charge in [-0.05, 0) is 13.8 Å². The molecule has 0 aliphatic rings. The Kier molecular flexibility index (Phi) is 3.58. The van der Waals surface area contributed by atoms with Gasteiger partial charge in [0, 0.05) is 30.0 Å². The van der Waals surface area contributed by atoms with E-state index < -0.39 is 0 Å². The van der Waals surface area contributed by atoms with Gasteiger partial charge in [-0.25, -0.2) is 9.97 Å². The van der Waals surface area contributed by atoms with E-state index in [1.807, 2.05) is 18.5 Å². The summed E-state index contributed by atoms with van der Waals surface area (Å²) in [4.78, 5) is 9.93. The molecule has 0 aliphatic heterocycles. The molecule has 1 atom stereocenters. The number of nitrogens with zero attached hydrogens (tertiary/aromatic N) is 3. The molecule has 0 saturated carbocycles. The van der Waals surface area contributed by atoms with Crippen molar-refractivity contribution >= 4 is 17.3 Å². The SMILES string of the molecule is C=CCNc1nccn1C(C)c1ncc(C)s1. The van der Waals surface area contributed by atoms with Crippen LogP contribution < -0.4 is 5.32 Å². The molecule has 0 aromatic carbocycles. The van der Waals surface area contributed by atoms with E-state index in [4.69, 9.17) is 0 Å². The molecule has 4 nitrogen and oxygen atoms in total. The van der Waals surface area contributed by atoms with Crippen molar-refractivity contribution < 1.29 is 0 Å². The molecule has 0 bridgehead atoms. The second kappa shape index (κ2) is 5.14. The summed E-state index contributed by atoms with van der Waals surface area (Å²) in [5, 5.41) is 4.31. The average Bonchev–Trinajstić information content (AvgIpc) is 2.94. The van der Waals surface area contributed by atoms with Gasteiger partial charge in [0.2, 0.25) is 5.95 Å². The van der Waals surface area contributed by atoms with E-state index >= 15 is 0 Å². The van der Waals surface area contributed by atoms with Crippen LogP contribution in [0.4, 0.5) is 5.95 Å². The van der Waals surface area contributed by atoms with Crippen LogP contribution in [0.5, 0.6) is 0 Å². The molecular weight excluding hydrogens is 232 g/mol. The molecule has 0 saturated heterocycles. The molecule has 5 heteroatoms.